The number of aryl methyl sites for hydroxylation is 2. The van der Waals surface area contributed by atoms with Gasteiger partial charge in [-0.2, -0.15) is 5.10 Å². The Balaban J connectivity index is 2.49. The minimum atomic E-state index is -0.160. The van der Waals surface area contributed by atoms with Crippen molar-refractivity contribution in [3.8, 4) is 11.3 Å². The molecule has 86 valence electrons. The summed E-state index contributed by atoms with van der Waals surface area (Å²) in [7, 11) is 1.80. The van der Waals surface area contributed by atoms with Gasteiger partial charge in [0.1, 0.15) is 11.4 Å². The van der Waals surface area contributed by atoms with Crippen LogP contribution in [-0.2, 0) is 7.05 Å². The van der Waals surface area contributed by atoms with Crippen LogP contribution in [0.4, 0.5) is 0 Å². The second-order valence-corrected chi connectivity index (χ2v) is 3.96. The normalized spacial score (nSPS) is 11.2. The number of aromatic nitrogens is 3. The molecule has 0 aliphatic heterocycles. The Morgan fingerprint density at radius 2 is 2.29 bits per heavy atom. The van der Waals surface area contributed by atoms with Crippen molar-refractivity contribution in [1.29, 1.82) is 0 Å². The van der Waals surface area contributed by atoms with E-state index in [1.54, 1.807) is 24.1 Å². The lowest BCUT2D eigenvalue weighted by atomic mass is 10.1. The highest BCUT2D eigenvalue weighted by Gasteiger charge is 2.14. The van der Waals surface area contributed by atoms with Crippen LogP contribution in [-0.4, -0.2) is 14.8 Å². The molecule has 0 aliphatic carbocycles. The van der Waals surface area contributed by atoms with E-state index in [9.17, 15) is 4.79 Å². The lowest BCUT2D eigenvalue weighted by Gasteiger charge is -2.00. The minimum Gasteiger partial charge on any atom is -0.464 e. The van der Waals surface area contributed by atoms with Crippen LogP contribution in [0.25, 0.3) is 22.4 Å². The largest absolute Gasteiger partial charge is 0.464 e. The summed E-state index contributed by atoms with van der Waals surface area (Å²) in [6, 6.07) is 5.17. The summed E-state index contributed by atoms with van der Waals surface area (Å²) in [5.41, 5.74) is 2.19. The van der Waals surface area contributed by atoms with Crippen LogP contribution in [0.5, 0.6) is 0 Å². The zero-order chi connectivity index (χ0) is 12.0. The van der Waals surface area contributed by atoms with Crippen LogP contribution in [0.15, 0.2) is 33.7 Å². The summed E-state index contributed by atoms with van der Waals surface area (Å²) in [6.07, 6.45) is 1.59. The lowest BCUT2D eigenvalue weighted by molar-refractivity contribution is 0.583. The van der Waals surface area contributed by atoms with Gasteiger partial charge in [0.2, 0.25) is 5.56 Å². The van der Waals surface area contributed by atoms with Gasteiger partial charge in [0.05, 0.1) is 17.3 Å². The van der Waals surface area contributed by atoms with Crippen molar-refractivity contribution in [1.82, 2.24) is 14.8 Å². The van der Waals surface area contributed by atoms with Gasteiger partial charge in [-0.3, -0.25) is 9.48 Å². The smallest absolute Gasteiger partial charge is 0.250 e. The molecule has 3 aromatic heterocycles. The van der Waals surface area contributed by atoms with Gasteiger partial charge in [0.15, 0.2) is 0 Å². The summed E-state index contributed by atoms with van der Waals surface area (Å²) >= 11 is 0. The van der Waals surface area contributed by atoms with E-state index in [4.69, 9.17) is 4.42 Å². The average Bonchev–Trinajstić information content (AvgIpc) is 2.88. The second kappa shape index (κ2) is 3.35. The van der Waals surface area contributed by atoms with Crippen molar-refractivity contribution < 1.29 is 4.42 Å². The highest BCUT2D eigenvalue weighted by molar-refractivity contribution is 5.93. The van der Waals surface area contributed by atoms with Gasteiger partial charge < -0.3 is 9.40 Å². The number of furan rings is 1. The molecule has 3 rings (SSSR count). The Kier molecular flexibility index (Phi) is 1.95. The summed E-state index contributed by atoms with van der Waals surface area (Å²) < 4.78 is 7.02. The van der Waals surface area contributed by atoms with Gasteiger partial charge in [-0.05, 0) is 19.1 Å². The first-order valence-corrected chi connectivity index (χ1v) is 5.27. The molecule has 0 saturated heterocycles. The summed E-state index contributed by atoms with van der Waals surface area (Å²) in [5.74, 6) is 0.678. The second-order valence-electron chi connectivity index (χ2n) is 3.96. The fourth-order valence-corrected chi connectivity index (χ4v) is 2.11. The molecule has 0 fully saturated rings. The first-order valence-electron chi connectivity index (χ1n) is 5.27. The Hall–Kier alpha value is -2.30. The first-order chi connectivity index (χ1) is 8.16. The number of aromatic amines is 1. The van der Waals surface area contributed by atoms with Gasteiger partial charge in [0.25, 0.3) is 0 Å². The zero-order valence-electron chi connectivity index (χ0n) is 9.52. The molecule has 0 amide bonds. The van der Waals surface area contributed by atoms with E-state index in [0.717, 1.165) is 16.6 Å². The quantitative estimate of drug-likeness (QED) is 0.692. The maximum Gasteiger partial charge on any atom is 0.250 e. The van der Waals surface area contributed by atoms with Crippen molar-refractivity contribution in [3.63, 3.8) is 0 Å². The third-order valence-corrected chi connectivity index (χ3v) is 2.80. The van der Waals surface area contributed by atoms with Gasteiger partial charge in [-0.15, -0.1) is 0 Å². The molecule has 3 heterocycles. The van der Waals surface area contributed by atoms with Crippen LogP contribution < -0.4 is 5.56 Å². The Morgan fingerprint density at radius 1 is 1.47 bits per heavy atom. The van der Waals surface area contributed by atoms with Crippen LogP contribution >= 0.6 is 0 Å². The Bertz CT molecular complexity index is 735. The zero-order valence-corrected chi connectivity index (χ0v) is 9.52. The summed E-state index contributed by atoms with van der Waals surface area (Å²) in [5, 5.41) is 5.23. The molecule has 1 N–H and O–H groups in total. The van der Waals surface area contributed by atoms with Crippen molar-refractivity contribution >= 4 is 11.0 Å². The number of rotatable bonds is 1. The molecule has 0 unspecified atom stereocenters. The van der Waals surface area contributed by atoms with E-state index >= 15 is 0 Å². The molecule has 0 aromatic carbocycles. The molecule has 17 heavy (non-hydrogen) atoms. The van der Waals surface area contributed by atoms with E-state index in [2.05, 4.69) is 10.1 Å². The molecule has 0 aliphatic rings. The molecule has 0 spiro atoms. The van der Waals surface area contributed by atoms with E-state index in [-0.39, 0.29) is 5.56 Å². The predicted octanol–water partition coefficient (Wildman–Crippen LogP) is 1.83. The molecule has 0 saturated carbocycles. The SMILES string of the molecule is Cc1nn(C)c2[nH]c(=O)cc(-c3ccco3)c12. The number of nitrogens with zero attached hydrogens (tertiary/aromatic N) is 2. The van der Waals surface area contributed by atoms with Crippen molar-refractivity contribution in [2.45, 2.75) is 6.92 Å². The molecular formula is C12H11N3O2. The molecule has 0 atom stereocenters. The van der Waals surface area contributed by atoms with Crippen LogP contribution in [0, 0.1) is 6.92 Å². The van der Waals surface area contributed by atoms with Gasteiger partial charge in [-0.1, -0.05) is 0 Å². The number of nitrogens with one attached hydrogen (secondary N) is 1. The third kappa shape index (κ3) is 1.39. The van der Waals surface area contributed by atoms with Gasteiger partial charge in [0, 0.05) is 18.7 Å². The lowest BCUT2D eigenvalue weighted by Crippen LogP contribution is -2.06. The predicted molar refractivity (Wildman–Crippen MR) is 63.8 cm³/mol. The van der Waals surface area contributed by atoms with Crippen molar-refractivity contribution in [2.24, 2.45) is 7.05 Å². The molecule has 0 bridgehead atoms. The maximum absolute atomic E-state index is 11.6. The average molecular weight is 229 g/mol. The number of H-pyrrole nitrogens is 1. The summed E-state index contributed by atoms with van der Waals surface area (Å²) in [6.45, 7) is 1.91. The monoisotopic (exact) mass is 229 g/mol. The van der Waals surface area contributed by atoms with E-state index < -0.39 is 0 Å². The topological polar surface area (TPSA) is 63.8 Å². The Labute approximate surface area is 96.7 Å². The van der Waals surface area contributed by atoms with Crippen LogP contribution in [0.2, 0.25) is 0 Å². The fourth-order valence-electron chi connectivity index (χ4n) is 2.11. The van der Waals surface area contributed by atoms with E-state index in [1.165, 1.54) is 6.07 Å². The fraction of sp³-hybridized carbons (Fsp3) is 0.167. The molecule has 3 aromatic rings. The van der Waals surface area contributed by atoms with Gasteiger partial charge >= 0.3 is 0 Å². The molecule has 0 radical (unpaired) electrons. The van der Waals surface area contributed by atoms with Crippen molar-refractivity contribution in [2.75, 3.05) is 0 Å². The number of hydrogen-bond acceptors (Lipinski definition) is 3. The van der Waals surface area contributed by atoms with E-state index in [1.807, 2.05) is 13.0 Å². The standard InChI is InChI=1S/C12H11N3O2/c1-7-11-8(9-4-3-5-17-9)6-10(16)13-12(11)15(2)14-7/h3-6H,1-2H3,(H,13,16). The van der Waals surface area contributed by atoms with Crippen LogP contribution in [0.3, 0.4) is 0 Å². The van der Waals surface area contributed by atoms with Crippen LogP contribution in [0.1, 0.15) is 5.69 Å². The van der Waals surface area contributed by atoms with Gasteiger partial charge in [-0.25, -0.2) is 0 Å². The Morgan fingerprint density at radius 3 is 3.00 bits per heavy atom. The number of fused-ring (bicyclic) bond motifs is 1. The minimum absolute atomic E-state index is 0.160. The number of hydrogen-bond donors (Lipinski definition) is 1. The first kappa shape index (κ1) is 9.89. The van der Waals surface area contributed by atoms with E-state index in [0.29, 0.717) is 11.4 Å². The highest BCUT2D eigenvalue weighted by Crippen LogP contribution is 2.28. The summed E-state index contributed by atoms with van der Waals surface area (Å²) in [4.78, 5) is 14.4. The van der Waals surface area contributed by atoms with Crippen molar-refractivity contribution in [3.05, 3.63) is 40.5 Å². The molecule has 5 heteroatoms. The molecular weight excluding hydrogens is 218 g/mol. The molecule has 5 nitrogen and oxygen atoms in total. The number of pyridine rings is 1. The maximum atomic E-state index is 11.6. The highest BCUT2D eigenvalue weighted by atomic mass is 16.3. The third-order valence-electron chi connectivity index (χ3n) is 2.80.